The van der Waals surface area contributed by atoms with Crippen LogP contribution in [0.2, 0.25) is 0 Å². The summed E-state index contributed by atoms with van der Waals surface area (Å²) >= 11 is 1.44. The summed E-state index contributed by atoms with van der Waals surface area (Å²) in [6.45, 7) is 7.49. The Morgan fingerprint density at radius 3 is 2.61 bits per heavy atom. The van der Waals surface area contributed by atoms with Crippen molar-refractivity contribution in [1.82, 2.24) is 19.8 Å². The summed E-state index contributed by atoms with van der Waals surface area (Å²) in [5.74, 6) is 0.657. The zero-order valence-corrected chi connectivity index (χ0v) is 20.4. The molecule has 2 aliphatic rings. The number of carbonyl (C=O) groups is 2. The van der Waals surface area contributed by atoms with Crippen molar-refractivity contribution >= 4 is 29.7 Å². The molecule has 2 atom stereocenters. The minimum Gasteiger partial charge on any atom is -0.465 e. The first-order valence-corrected chi connectivity index (χ1v) is 12.4. The number of likely N-dealkylation sites (tertiary alicyclic amines) is 1. The van der Waals surface area contributed by atoms with Gasteiger partial charge in [0.05, 0.1) is 6.54 Å². The van der Waals surface area contributed by atoms with Crippen LogP contribution in [0.4, 0.5) is 15.4 Å². The van der Waals surface area contributed by atoms with Crippen LogP contribution >= 0.6 is 11.8 Å². The van der Waals surface area contributed by atoms with Gasteiger partial charge in [-0.1, -0.05) is 62.9 Å². The molecule has 1 N–H and O–H groups in total. The van der Waals surface area contributed by atoms with E-state index in [9.17, 15) is 14.7 Å². The van der Waals surface area contributed by atoms with E-state index in [0.29, 0.717) is 43.5 Å². The van der Waals surface area contributed by atoms with Gasteiger partial charge in [-0.05, 0) is 30.1 Å². The van der Waals surface area contributed by atoms with E-state index in [1.54, 1.807) is 4.90 Å². The van der Waals surface area contributed by atoms with Crippen molar-refractivity contribution in [3.63, 3.8) is 0 Å². The standard InChI is InChI=1S/C24H31N5O3S/c1-24(2,3)19-12-18(10-11-28(19)23(31)32)29-20-17(13-25-21(26-20)33-4)15-27(22(29)30)14-16-8-6-5-7-9-16/h5-9,13,18-19H,10-12,14-15H2,1-4H3,(H,31,32). The van der Waals surface area contributed by atoms with Crippen molar-refractivity contribution in [3.8, 4) is 0 Å². The van der Waals surface area contributed by atoms with Gasteiger partial charge in [0.2, 0.25) is 0 Å². The van der Waals surface area contributed by atoms with E-state index >= 15 is 0 Å². The molecule has 176 valence electrons. The maximum Gasteiger partial charge on any atom is 0.407 e. The molecule has 8 nitrogen and oxygen atoms in total. The summed E-state index contributed by atoms with van der Waals surface area (Å²) in [5, 5.41) is 10.4. The molecule has 4 rings (SSSR count). The highest BCUT2D eigenvalue weighted by atomic mass is 32.2. The van der Waals surface area contributed by atoms with Gasteiger partial charge < -0.3 is 14.9 Å². The largest absolute Gasteiger partial charge is 0.465 e. The minimum absolute atomic E-state index is 0.0847. The lowest BCUT2D eigenvalue weighted by Gasteiger charge is -2.48. The van der Waals surface area contributed by atoms with E-state index in [-0.39, 0.29) is 23.5 Å². The van der Waals surface area contributed by atoms with Crippen LogP contribution in [0, 0.1) is 5.41 Å². The number of carbonyl (C=O) groups excluding carboxylic acids is 1. The maximum absolute atomic E-state index is 13.8. The summed E-state index contributed by atoms with van der Waals surface area (Å²) in [6.07, 6.45) is 3.97. The zero-order chi connectivity index (χ0) is 23.8. The van der Waals surface area contributed by atoms with Gasteiger partial charge in [0.15, 0.2) is 5.16 Å². The predicted molar refractivity (Wildman–Crippen MR) is 128 cm³/mol. The van der Waals surface area contributed by atoms with Crippen LogP contribution < -0.4 is 4.90 Å². The van der Waals surface area contributed by atoms with Gasteiger partial charge in [-0.2, -0.15) is 0 Å². The Bertz CT molecular complexity index is 1030. The molecule has 0 spiro atoms. The van der Waals surface area contributed by atoms with Crippen LogP contribution in [-0.4, -0.2) is 61.9 Å². The molecule has 9 heteroatoms. The normalized spacial score (nSPS) is 21.2. The molecule has 33 heavy (non-hydrogen) atoms. The molecule has 1 aromatic carbocycles. The number of piperidine rings is 1. The average Bonchev–Trinajstić information content (AvgIpc) is 2.79. The molecule has 1 saturated heterocycles. The van der Waals surface area contributed by atoms with Crippen molar-refractivity contribution in [1.29, 1.82) is 0 Å². The molecule has 2 aromatic rings. The number of nitrogens with zero attached hydrogens (tertiary/aromatic N) is 5. The van der Waals surface area contributed by atoms with Crippen LogP contribution in [0.1, 0.15) is 44.7 Å². The Balaban J connectivity index is 1.70. The van der Waals surface area contributed by atoms with Gasteiger partial charge in [0, 0.05) is 36.9 Å². The summed E-state index contributed by atoms with van der Waals surface area (Å²) in [7, 11) is 0. The lowest BCUT2D eigenvalue weighted by Crippen LogP contribution is -2.59. The van der Waals surface area contributed by atoms with E-state index in [0.717, 1.165) is 11.1 Å². The maximum atomic E-state index is 13.8. The fraction of sp³-hybridized carbons (Fsp3) is 0.500. The number of aromatic nitrogens is 2. The number of anilines is 1. The number of hydrogen-bond donors (Lipinski definition) is 1. The summed E-state index contributed by atoms with van der Waals surface area (Å²) in [5.41, 5.74) is 1.72. The quantitative estimate of drug-likeness (QED) is 0.516. The Morgan fingerprint density at radius 2 is 1.97 bits per heavy atom. The highest BCUT2D eigenvalue weighted by molar-refractivity contribution is 7.98. The molecule has 3 amide bonds. The van der Waals surface area contributed by atoms with Crippen LogP contribution in [0.3, 0.4) is 0 Å². The second kappa shape index (κ2) is 9.21. The lowest BCUT2D eigenvalue weighted by atomic mass is 9.79. The molecule has 2 aliphatic heterocycles. The molecule has 3 heterocycles. The lowest BCUT2D eigenvalue weighted by molar-refractivity contribution is 0.0520. The van der Waals surface area contributed by atoms with E-state index in [1.807, 2.05) is 47.7 Å². The third-order valence-electron chi connectivity index (χ3n) is 6.47. The third-order valence-corrected chi connectivity index (χ3v) is 7.03. The number of rotatable bonds is 4. The second-order valence-corrected chi connectivity index (χ2v) is 10.5. The first-order chi connectivity index (χ1) is 15.7. The smallest absolute Gasteiger partial charge is 0.407 e. The number of carboxylic acid groups (broad SMARTS) is 1. The van der Waals surface area contributed by atoms with Gasteiger partial charge in [0.1, 0.15) is 5.82 Å². The fourth-order valence-electron chi connectivity index (χ4n) is 4.80. The van der Waals surface area contributed by atoms with Crippen molar-refractivity contribution in [3.05, 3.63) is 47.7 Å². The topological polar surface area (TPSA) is 89.9 Å². The summed E-state index contributed by atoms with van der Waals surface area (Å²) in [4.78, 5) is 40.1. The van der Waals surface area contributed by atoms with E-state index < -0.39 is 6.09 Å². The molecule has 1 fully saturated rings. The highest BCUT2D eigenvalue weighted by Crippen LogP contribution is 2.38. The van der Waals surface area contributed by atoms with Gasteiger partial charge in [-0.25, -0.2) is 19.6 Å². The number of fused-ring (bicyclic) bond motifs is 1. The number of thioether (sulfide) groups is 1. The molecular weight excluding hydrogens is 438 g/mol. The third kappa shape index (κ3) is 4.78. The number of amides is 3. The molecule has 0 aliphatic carbocycles. The Labute approximate surface area is 199 Å². The fourth-order valence-corrected chi connectivity index (χ4v) is 5.14. The molecule has 2 unspecified atom stereocenters. The Kier molecular flexibility index (Phi) is 6.52. The number of urea groups is 1. The number of benzene rings is 1. The monoisotopic (exact) mass is 469 g/mol. The zero-order valence-electron chi connectivity index (χ0n) is 19.6. The summed E-state index contributed by atoms with van der Waals surface area (Å²) in [6, 6.07) is 9.51. The van der Waals surface area contributed by atoms with E-state index in [1.165, 1.54) is 16.7 Å². The Morgan fingerprint density at radius 1 is 1.24 bits per heavy atom. The van der Waals surface area contributed by atoms with Crippen LogP contribution in [0.25, 0.3) is 0 Å². The van der Waals surface area contributed by atoms with Gasteiger partial charge in [-0.3, -0.25) is 4.90 Å². The van der Waals surface area contributed by atoms with Crippen molar-refractivity contribution < 1.29 is 14.7 Å². The minimum atomic E-state index is -0.906. The second-order valence-electron chi connectivity index (χ2n) is 9.74. The first kappa shape index (κ1) is 23.4. The van der Waals surface area contributed by atoms with Crippen LogP contribution in [0.5, 0.6) is 0 Å². The molecule has 0 saturated carbocycles. The molecule has 0 bridgehead atoms. The molecule has 1 aromatic heterocycles. The summed E-state index contributed by atoms with van der Waals surface area (Å²) < 4.78 is 0. The highest BCUT2D eigenvalue weighted by Gasteiger charge is 2.44. The van der Waals surface area contributed by atoms with Crippen molar-refractivity contribution in [2.45, 2.75) is 63.9 Å². The first-order valence-electron chi connectivity index (χ1n) is 11.2. The molecular formula is C24H31N5O3S. The van der Waals surface area contributed by atoms with Crippen molar-refractivity contribution in [2.24, 2.45) is 5.41 Å². The van der Waals surface area contributed by atoms with E-state index in [4.69, 9.17) is 4.98 Å². The van der Waals surface area contributed by atoms with Gasteiger partial charge in [0.25, 0.3) is 0 Å². The van der Waals surface area contributed by atoms with Crippen LogP contribution in [0.15, 0.2) is 41.7 Å². The SMILES string of the molecule is CSc1ncc2c(n1)N(C1CCN(C(=O)O)C(C(C)(C)C)C1)C(=O)N(Cc1ccccc1)C2. The van der Waals surface area contributed by atoms with Crippen molar-refractivity contribution in [2.75, 3.05) is 17.7 Å². The number of hydrogen-bond acceptors (Lipinski definition) is 5. The Hall–Kier alpha value is -2.81. The molecule has 0 radical (unpaired) electrons. The van der Waals surface area contributed by atoms with Gasteiger partial charge >= 0.3 is 12.1 Å². The van der Waals surface area contributed by atoms with E-state index in [2.05, 4.69) is 25.8 Å². The van der Waals surface area contributed by atoms with Gasteiger partial charge in [-0.15, -0.1) is 0 Å². The average molecular weight is 470 g/mol. The van der Waals surface area contributed by atoms with Crippen LogP contribution in [-0.2, 0) is 13.1 Å². The predicted octanol–water partition coefficient (Wildman–Crippen LogP) is 4.70.